The largest absolute Gasteiger partial charge is 0.496 e. The van der Waals surface area contributed by atoms with Gasteiger partial charge in [-0.25, -0.2) is 0 Å². The fraction of sp³-hybridized carbons (Fsp3) is 0.340. The van der Waals surface area contributed by atoms with Gasteiger partial charge in [0.2, 0.25) is 23.6 Å². The maximum absolute atomic E-state index is 14.0. The second-order valence-electron chi connectivity index (χ2n) is 33.2. The molecule has 632 valence electrons. The Labute approximate surface area is 723 Å². The number of para-hydroxylation sites is 1. The summed E-state index contributed by atoms with van der Waals surface area (Å²) >= 11 is 12.6. The molecule has 17 rings (SSSR count). The zero-order chi connectivity index (χ0) is 86.5. The third kappa shape index (κ3) is 19.0. The van der Waals surface area contributed by atoms with Gasteiger partial charge in [-0.15, -0.1) is 9.24 Å². The minimum Gasteiger partial charge on any atom is -0.496 e. The van der Waals surface area contributed by atoms with Gasteiger partial charge < -0.3 is 52.4 Å². The number of aryl methyl sites for hydroxylation is 3. The van der Waals surface area contributed by atoms with Crippen LogP contribution in [0.3, 0.4) is 0 Å². The topological polar surface area (TPSA) is 220 Å². The third-order valence-electron chi connectivity index (χ3n) is 24.5. The lowest BCUT2D eigenvalue weighted by Crippen LogP contribution is -2.50. The highest BCUT2D eigenvalue weighted by molar-refractivity contribution is 7.27. The number of methoxy groups -OCH3 is 1. The zero-order valence-electron chi connectivity index (χ0n) is 70.3. The Hall–Kier alpha value is -11.7. The number of Topliss-reactive ketones (excluding diaryl/α,β-unsaturated/α-hetero) is 4. The standard InChI is InChI=1S/C31H35N3O4.C28H30ClN3O2.C21H21ClN4O2.C17H19N2O2P/c1-6-28(36)33-15-22(16-33)14-24(35)18-34-21(4)29(26-13-19(2)12-20(3)30(26)34)31(37)32-11-10-25-23(17-32)8-7-9-27(25)38-5;1-3-27(34)31-16-20(17-31)14-22(33)18-32-19(2)28(24-15-21(29)10-11-26(24)32)23-8-4-5-9-25(23)30-12-6-7-13-30;1-3-21(28)26-9-14(10-26)6-17(27)12-25-13-19(15-8-23-24(2)11-15)18-7-16(22)4-5-20(18)25;1-2-17(21)19-9-12(10-19)7-14(20)11-18-6-5-13-8-15(22)3-4-16(13)18/h6-9,12-13,22H,1,10-11,14-18H2,2-5H3;3-5,8-11,15,20H,1,6-7,12-14,16-18H2,2H3;3-5,7-8,11,13-14H,1,6,9-10,12H2,2H3;2-6,8,12H,1,7,9-11,22H2. The predicted octanol–water partition coefficient (Wildman–Crippen LogP) is 14.9. The number of hydrogen-bond acceptors (Lipinski definition) is 12. The maximum Gasteiger partial charge on any atom is 0.256 e. The Bertz CT molecular complexity index is 5970. The number of halogens is 2. The van der Waals surface area contributed by atoms with Crippen molar-refractivity contribution in [1.29, 1.82) is 0 Å². The minimum atomic E-state index is -0.0890. The first-order chi connectivity index (χ1) is 58.7. The summed E-state index contributed by atoms with van der Waals surface area (Å²) < 4.78 is 15.4. The van der Waals surface area contributed by atoms with Crippen LogP contribution in [0.2, 0.25) is 10.0 Å². The smallest absolute Gasteiger partial charge is 0.256 e. The van der Waals surface area contributed by atoms with Crippen molar-refractivity contribution < 1.29 is 47.9 Å². The molecule has 122 heavy (non-hydrogen) atoms. The molecular formula is C97H105Cl2N12O10P. The molecule has 0 radical (unpaired) electrons. The van der Waals surface area contributed by atoms with Gasteiger partial charge in [0.05, 0.1) is 50.6 Å². The molecule has 0 saturated carbocycles. The Morgan fingerprint density at radius 3 is 1.61 bits per heavy atom. The number of hydrogen-bond donors (Lipinski definition) is 0. The first kappa shape index (κ1) is 86.7. The molecule has 0 aliphatic carbocycles. The Kier molecular flexibility index (Phi) is 26.8. The third-order valence-corrected chi connectivity index (χ3v) is 25.3. The van der Waals surface area contributed by atoms with Crippen LogP contribution in [0.15, 0.2) is 191 Å². The second kappa shape index (κ2) is 37.7. The van der Waals surface area contributed by atoms with Gasteiger partial charge in [0.15, 0.2) is 23.1 Å². The molecule has 22 nitrogen and oxygen atoms in total. The molecule has 5 aromatic heterocycles. The van der Waals surface area contributed by atoms with Crippen molar-refractivity contribution in [2.45, 2.75) is 105 Å². The lowest BCUT2D eigenvalue weighted by atomic mass is 9.94. The molecule has 5 fully saturated rings. The summed E-state index contributed by atoms with van der Waals surface area (Å²) in [6.07, 6.45) is 18.1. The van der Waals surface area contributed by atoms with Gasteiger partial charge in [-0.3, -0.25) is 47.8 Å². The number of carbonyl (C=O) groups is 9. The molecule has 1 unspecified atom stereocenters. The van der Waals surface area contributed by atoms with E-state index in [1.807, 2.05) is 132 Å². The van der Waals surface area contributed by atoms with Crippen molar-refractivity contribution in [1.82, 2.24) is 52.5 Å². The van der Waals surface area contributed by atoms with Crippen molar-refractivity contribution in [2.24, 2.45) is 30.7 Å². The average Bonchev–Trinajstić information content (AvgIpc) is 1.59. The normalized spacial score (nSPS) is 15.2. The van der Waals surface area contributed by atoms with E-state index < -0.39 is 0 Å². The van der Waals surface area contributed by atoms with Crippen LogP contribution in [-0.4, -0.2) is 184 Å². The van der Waals surface area contributed by atoms with E-state index in [-0.39, 0.29) is 82.9 Å². The van der Waals surface area contributed by atoms with Gasteiger partial charge in [0, 0.05) is 247 Å². The van der Waals surface area contributed by atoms with Crippen LogP contribution in [0.1, 0.15) is 82.5 Å². The van der Waals surface area contributed by atoms with Gasteiger partial charge in [0.1, 0.15) is 5.75 Å². The van der Waals surface area contributed by atoms with E-state index in [0.717, 1.165) is 119 Å². The molecule has 1 atom stereocenters. The molecule has 5 saturated heterocycles. The number of likely N-dealkylation sites (tertiary alicyclic amines) is 4. The van der Waals surface area contributed by atoms with Crippen LogP contribution < -0.4 is 14.9 Å². The summed E-state index contributed by atoms with van der Waals surface area (Å²) in [4.78, 5) is 123. The number of amides is 5. The lowest BCUT2D eigenvalue weighted by Gasteiger charge is -2.38. The Morgan fingerprint density at radius 1 is 0.525 bits per heavy atom. The molecule has 0 spiro atoms. The van der Waals surface area contributed by atoms with Crippen molar-refractivity contribution in [3.63, 3.8) is 0 Å². The number of ether oxygens (including phenoxy) is 1. The second-order valence-corrected chi connectivity index (χ2v) is 34.8. The summed E-state index contributed by atoms with van der Waals surface area (Å²) in [5, 5.41) is 10.9. The van der Waals surface area contributed by atoms with Crippen LogP contribution in [0.5, 0.6) is 5.75 Å². The van der Waals surface area contributed by atoms with Crippen LogP contribution >= 0.6 is 32.4 Å². The van der Waals surface area contributed by atoms with Crippen molar-refractivity contribution in [3.8, 4) is 28.0 Å². The highest BCUT2D eigenvalue weighted by Gasteiger charge is 2.37. The maximum atomic E-state index is 14.0. The van der Waals surface area contributed by atoms with Gasteiger partial charge in [-0.05, 0) is 160 Å². The van der Waals surface area contributed by atoms with Crippen LogP contribution in [0.4, 0.5) is 5.69 Å². The van der Waals surface area contributed by atoms with E-state index in [0.29, 0.717) is 126 Å². The van der Waals surface area contributed by atoms with E-state index in [9.17, 15) is 43.2 Å². The van der Waals surface area contributed by atoms with Crippen molar-refractivity contribution in [2.75, 3.05) is 84.0 Å². The summed E-state index contributed by atoms with van der Waals surface area (Å²) in [6.45, 7) is 31.7. The van der Waals surface area contributed by atoms with Crippen LogP contribution in [-0.2, 0) is 84.5 Å². The number of carbonyl (C=O) groups excluding carboxylic acids is 9. The first-order valence-electron chi connectivity index (χ1n) is 41.7. The molecule has 6 aliphatic rings. The fourth-order valence-electron chi connectivity index (χ4n) is 18.3. The number of aromatic nitrogens is 6. The number of rotatable bonds is 25. The molecule has 11 heterocycles. The number of benzene rings is 6. The number of fused-ring (bicyclic) bond motifs is 5. The van der Waals surface area contributed by atoms with E-state index in [1.165, 1.54) is 54.0 Å². The molecule has 0 N–H and O–H groups in total. The fourth-order valence-corrected chi connectivity index (χ4v) is 19.0. The van der Waals surface area contributed by atoms with Crippen LogP contribution in [0.25, 0.3) is 65.9 Å². The highest BCUT2D eigenvalue weighted by Crippen LogP contribution is 2.43. The lowest BCUT2D eigenvalue weighted by molar-refractivity contribution is -0.134. The molecule has 6 aliphatic heterocycles. The Balaban J connectivity index is 0.000000135. The molecule has 6 aromatic carbocycles. The van der Waals surface area contributed by atoms with Crippen molar-refractivity contribution >= 4 is 140 Å². The summed E-state index contributed by atoms with van der Waals surface area (Å²) in [5.41, 5.74) is 16.6. The molecule has 11 aromatic rings. The predicted molar refractivity (Wildman–Crippen MR) is 486 cm³/mol. The van der Waals surface area contributed by atoms with E-state index in [1.54, 1.807) is 37.6 Å². The number of ketones is 4. The zero-order valence-corrected chi connectivity index (χ0v) is 72.9. The molecule has 25 heteroatoms. The summed E-state index contributed by atoms with van der Waals surface area (Å²) in [7, 11) is 6.23. The van der Waals surface area contributed by atoms with Gasteiger partial charge >= 0.3 is 0 Å². The van der Waals surface area contributed by atoms with Gasteiger partial charge in [-0.1, -0.05) is 97.5 Å². The molecular weight excluding hydrogens is 1600 g/mol. The van der Waals surface area contributed by atoms with Gasteiger partial charge in [0.25, 0.3) is 5.91 Å². The first-order valence-corrected chi connectivity index (χ1v) is 43.0. The summed E-state index contributed by atoms with van der Waals surface area (Å²) in [5.74, 6) is 2.17. The average molecular weight is 1700 g/mol. The quantitative estimate of drug-likeness (QED) is 0.0385. The molecule has 0 bridgehead atoms. The van der Waals surface area contributed by atoms with E-state index >= 15 is 0 Å². The number of anilines is 1. The van der Waals surface area contributed by atoms with E-state index in [4.69, 9.17) is 27.9 Å². The Morgan fingerprint density at radius 2 is 1.06 bits per heavy atom. The highest BCUT2D eigenvalue weighted by atomic mass is 35.5. The van der Waals surface area contributed by atoms with Crippen LogP contribution in [0, 0.1) is 51.4 Å². The minimum absolute atomic E-state index is 0.00487. The van der Waals surface area contributed by atoms with Gasteiger partial charge in [-0.2, -0.15) is 5.10 Å². The van der Waals surface area contributed by atoms with E-state index in [2.05, 4.69) is 106 Å². The number of nitrogens with zero attached hydrogens (tertiary/aromatic N) is 12. The molecule has 5 amide bonds. The monoisotopic (exact) mass is 1700 g/mol. The van der Waals surface area contributed by atoms with Crippen molar-refractivity contribution in [3.05, 3.63) is 240 Å². The summed E-state index contributed by atoms with van der Waals surface area (Å²) in [6, 6.07) is 38.6. The SMILES string of the molecule is C=CC(=O)N1CC(CC(=O)Cn2c(C)c(-c3ccccc3N3CCCC3)c3cc(Cl)ccc32)C1.C=CC(=O)N1CC(CC(=O)Cn2c(C)c(C(=O)N3CCc4c(cccc4OC)C3)c3cc(C)cc(C)c32)C1.C=CC(=O)N1CC(CC(=O)Cn2cc(-c3cnn(C)c3)c3cc(Cl)ccc32)C1.C=CC(=O)N1CC(CC(=O)Cn2ccc3cc(P)ccc32)C1.